The Labute approximate surface area is 190 Å². The van der Waals surface area contributed by atoms with E-state index in [-0.39, 0.29) is 11.8 Å². The minimum Gasteiger partial charge on any atom is -0.355 e. The zero-order chi connectivity index (χ0) is 22.6. The van der Waals surface area contributed by atoms with Crippen LogP contribution in [0, 0.1) is 0 Å². The van der Waals surface area contributed by atoms with Crippen molar-refractivity contribution in [3.63, 3.8) is 0 Å². The molecule has 0 fully saturated rings. The molecule has 0 spiro atoms. The molecule has 0 radical (unpaired) electrons. The van der Waals surface area contributed by atoms with Crippen LogP contribution in [0.1, 0.15) is 20.7 Å². The van der Waals surface area contributed by atoms with Crippen molar-refractivity contribution in [2.75, 3.05) is 10.6 Å². The van der Waals surface area contributed by atoms with Gasteiger partial charge in [-0.15, -0.1) is 0 Å². The molecule has 33 heavy (non-hydrogen) atoms. The Bertz CT molecular complexity index is 1430. The number of aromatic amines is 1. The number of amides is 2. The molecule has 0 bridgehead atoms. The topological polar surface area (TPSA) is 86.9 Å². The molecule has 0 saturated carbocycles. The number of benzene rings is 3. The molecule has 2 amide bonds. The normalized spacial score (nSPS) is 10.7. The first-order valence-corrected chi connectivity index (χ1v) is 10.5. The summed E-state index contributed by atoms with van der Waals surface area (Å²) < 4.78 is 0. The van der Waals surface area contributed by atoms with Gasteiger partial charge in [-0.05, 0) is 66.2 Å². The van der Waals surface area contributed by atoms with Gasteiger partial charge in [0.25, 0.3) is 11.8 Å². The second kappa shape index (κ2) is 8.80. The Kier molecular flexibility index (Phi) is 5.39. The molecule has 0 unspecified atom stereocenters. The number of aromatic nitrogens is 2. The number of pyridine rings is 1. The van der Waals surface area contributed by atoms with E-state index in [0.717, 1.165) is 27.8 Å². The van der Waals surface area contributed by atoms with Gasteiger partial charge in [0, 0.05) is 39.6 Å². The third-order valence-corrected chi connectivity index (χ3v) is 5.29. The maximum Gasteiger partial charge on any atom is 0.255 e. The number of hydrogen-bond donors (Lipinski definition) is 3. The number of hydrogen-bond acceptors (Lipinski definition) is 3. The van der Waals surface area contributed by atoms with E-state index in [1.165, 1.54) is 0 Å². The summed E-state index contributed by atoms with van der Waals surface area (Å²) in [6, 6.07) is 27.8. The second-order valence-corrected chi connectivity index (χ2v) is 7.58. The fourth-order valence-corrected chi connectivity index (χ4v) is 3.60. The molecular weight excluding hydrogens is 412 g/mol. The summed E-state index contributed by atoms with van der Waals surface area (Å²) >= 11 is 0. The van der Waals surface area contributed by atoms with E-state index in [1.54, 1.807) is 42.7 Å². The zero-order valence-corrected chi connectivity index (χ0v) is 17.6. The summed E-state index contributed by atoms with van der Waals surface area (Å²) in [5, 5.41) is 6.69. The predicted octanol–water partition coefficient (Wildman–Crippen LogP) is 5.73. The Morgan fingerprint density at radius 3 is 2.21 bits per heavy atom. The molecule has 0 atom stereocenters. The third-order valence-electron chi connectivity index (χ3n) is 5.29. The van der Waals surface area contributed by atoms with Gasteiger partial charge in [-0.1, -0.05) is 30.3 Å². The van der Waals surface area contributed by atoms with Crippen LogP contribution in [0.2, 0.25) is 0 Å². The van der Waals surface area contributed by atoms with Crippen molar-refractivity contribution in [1.29, 1.82) is 0 Å². The van der Waals surface area contributed by atoms with Gasteiger partial charge in [0.15, 0.2) is 0 Å². The van der Waals surface area contributed by atoms with Crippen LogP contribution in [0.15, 0.2) is 103 Å². The van der Waals surface area contributed by atoms with Crippen molar-refractivity contribution < 1.29 is 9.59 Å². The highest BCUT2D eigenvalue weighted by Crippen LogP contribution is 2.26. The molecule has 0 aliphatic rings. The van der Waals surface area contributed by atoms with Crippen molar-refractivity contribution in [1.82, 2.24) is 9.97 Å². The van der Waals surface area contributed by atoms with Crippen molar-refractivity contribution in [3.05, 3.63) is 115 Å². The van der Waals surface area contributed by atoms with Crippen LogP contribution in [-0.2, 0) is 0 Å². The Morgan fingerprint density at radius 1 is 0.697 bits per heavy atom. The molecule has 0 aliphatic heterocycles. The minimum absolute atomic E-state index is 0.147. The van der Waals surface area contributed by atoms with E-state index in [2.05, 4.69) is 20.6 Å². The van der Waals surface area contributed by atoms with E-state index in [1.807, 2.05) is 60.7 Å². The Balaban J connectivity index is 1.32. The van der Waals surface area contributed by atoms with Crippen LogP contribution in [-0.4, -0.2) is 21.8 Å². The van der Waals surface area contributed by atoms with E-state index < -0.39 is 0 Å². The van der Waals surface area contributed by atoms with Crippen LogP contribution in [0.25, 0.3) is 22.2 Å². The lowest BCUT2D eigenvalue weighted by Gasteiger charge is -2.06. The van der Waals surface area contributed by atoms with Crippen molar-refractivity contribution in [2.24, 2.45) is 0 Å². The third kappa shape index (κ3) is 4.50. The molecule has 3 aromatic carbocycles. The number of carbonyl (C=O) groups is 2. The number of nitrogens with zero attached hydrogens (tertiary/aromatic N) is 1. The monoisotopic (exact) mass is 432 g/mol. The number of rotatable bonds is 5. The van der Waals surface area contributed by atoms with Crippen molar-refractivity contribution in [3.8, 4) is 11.3 Å². The quantitative estimate of drug-likeness (QED) is 0.331. The number of fused-ring (bicyclic) bond motifs is 1. The van der Waals surface area contributed by atoms with Crippen molar-refractivity contribution in [2.45, 2.75) is 0 Å². The lowest BCUT2D eigenvalue weighted by atomic mass is 10.1. The van der Waals surface area contributed by atoms with Gasteiger partial charge in [-0.2, -0.15) is 0 Å². The Hall–Kier alpha value is -4.71. The number of anilines is 2. The maximum atomic E-state index is 12.6. The summed E-state index contributed by atoms with van der Waals surface area (Å²) in [6.07, 6.45) is 3.27. The van der Waals surface area contributed by atoms with Gasteiger partial charge < -0.3 is 15.6 Å². The lowest BCUT2D eigenvalue weighted by molar-refractivity contribution is 0.101. The summed E-state index contributed by atoms with van der Waals surface area (Å²) in [5.41, 5.74) is 5.39. The van der Waals surface area contributed by atoms with Crippen molar-refractivity contribution >= 4 is 34.1 Å². The molecule has 6 nitrogen and oxygen atoms in total. The first-order chi connectivity index (χ1) is 16.2. The van der Waals surface area contributed by atoms with E-state index in [9.17, 15) is 9.59 Å². The van der Waals surface area contributed by atoms with E-state index in [4.69, 9.17) is 0 Å². The van der Waals surface area contributed by atoms with E-state index >= 15 is 0 Å². The average Bonchev–Trinajstić information content (AvgIpc) is 3.29. The first-order valence-electron chi connectivity index (χ1n) is 10.5. The van der Waals surface area contributed by atoms with Gasteiger partial charge in [0.2, 0.25) is 0 Å². The fourth-order valence-electron chi connectivity index (χ4n) is 3.60. The minimum atomic E-state index is -0.189. The van der Waals surface area contributed by atoms with Gasteiger partial charge in [0.1, 0.15) is 0 Å². The molecule has 0 aliphatic carbocycles. The summed E-state index contributed by atoms with van der Waals surface area (Å²) in [6.45, 7) is 0. The summed E-state index contributed by atoms with van der Waals surface area (Å²) in [5.74, 6) is -0.336. The Morgan fingerprint density at radius 2 is 1.45 bits per heavy atom. The SMILES string of the molecule is O=C(Nc1ccc(-c2cc3cc(C(=O)Nc4cccnc4)ccc3[nH]2)cc1)c1ccccc1. The van der Waals surface area contributed by atoms with Gasteiger partial charge in [-0.3, -0.25) is 14.6 Å². The van der Waals surface area contributed by atoms with Crippen LogP contribution in [0.5, 0.6) is 0 Å². The summed E-state index contributed by atoms with van der Waals surface area (Å²) in [4.78, 5) is 32.3. The number of carbonyl (C=O) groups excluding carboxylic acids is 2. The highest BCUT2D eigenvalue weighted by atomic mass is 16.2. The molecule has 2 heterocycles. The average molecular weight is 432 g/mol. The van der Waals surface area contributed by atoms with E-state index in [0.29, 0.717) is 16.8 Å². The molecule has 6 heteroatoms. The molecule has 2 aromatic heterocycles. The predicted molar refractivity (Wildman–Crippen MR) is 130 cm³/mol. The lowest BCUT2D eigenvalue weighted by Crippen LogP contribution is -2.11. The molecular formula is C27H20N4O2. The molecule has 160 valence electrons. The molecule has 5 aromatic rings. The van der Waals surface area contributed by atoms with Crippen LogP contribution >= 0.6 is 0 Å². The fraction of sp³-hybridized carbons (Fsp3) is 0. The van der Waals surface area contributed by atoms with Crippen LogP contribution in [0.3, 0.4) is 0 Å². The highest BCUT2D eigenvalue weighted by molar-refractivity contribution is 6.06. The van der Waals surface area contributed by atoms with Gasteiger partial charge in [-0.25, -0.2) is 0 Å². The molecule has 5 rings (SSSR count). The van der Waals surface area contributed by atoms with Crippen LogP contribution in [0.4, 0.5) is 11.4 Å². The van der Waals surface area contributed by atoms with Gasteiger partial charge >= 0.3 is 0 Å². The van der Waals surface area contributed by atoms with Gasteiger partial charge in [0.05, 0.1) is 11.9 Å². The highest BCUT2D eigenvalue weighted by Gasteiger charge is 2.10. The maximum absolute atomic E-state index is 12.6. The first kappa shape index (κ1) is 20.2. The largest absolute Gasteiger partial charge is 0.355 e. The number of nitrogens with one attached hydrogen (secondary N) is 3. The second-order valence-electron chi connectivity index (χ2n) is 7.58. The summed E-state index contributed by atoms with van der Waals surface area (Å²) in [7, 11) is 0. The zero-order valence-electron chi connectivity index (χ0n) is 17.6. The smallest absolute Gasteiger partial charge is 0.255 e. The standard InChI is InChI=1S/C27H20N4O2/c32-26(19-5-2-1-3-6-19)29-22-11-8-18(9-12-22)25-16-21-15-20(10-13-24(21)31-25)27(33)30-23-7-4-14-28-17-23/h1-17,31H,(H,29,32)(H,30,33). The molecule has 0 saturated heterocycles. The number of H-pyrrole nitrogens is 1. The van der Waals surface area contributed by atoms with Crippen LogP contribution < -0.4 is 10.6 Å². The molecule has 3 N–H and O–H groups in total.